The van der Waals surface area contributed by atoms with Gasteiger partial charge >= 0.3 is 6.36 Å². The average Bonchev–Trinajstić information content (AvgIpc) is 3.69. The first-order valence-corrected chi connectivity index (χ1v) is 13.0. The molecule has 1 aromatic heterocycles. The van der Waals surface area contributed by atoms with Crippen molar-refractivity contribution in [3.8, 4) is 11.5 Å². The molecule has 0 bridgehead atoms. The van der Waals surface area contributed by atoms with E-state index >= 15 is 4.39 Å². The molecule has 1 aliphatic heterocycles. The number of amides is 2. The summed E-state index contributed by atoms with van der Waals surface area (Å²) in [5, 5.41) is 2.61. The second kappa shape index (κ2) is 10.9. The molecule has 1 saturated carbocycles. The number of halogens is 4. The van der Waals surface area contributed by atoms with Gasteiger partial charge in [-0.3, -0.25) is 14.4 Å². The number of methoxy groups -OCH3 is 1. The molecule has 2 heterocycles. The van der Waals surface area contributed by atoms with Gasteiger partial charge in [0.1, 0.15) is 29.0 Å². The van der Waals surface area contributed by atoms with Gasteiger partial charge in [0.15, 0.2) is 0 Å². The van der Waals surface area contributed by atoms with Crippen molar-refractivity contribution in [1.29, 1.82) is 0 Å². The predicted molar refractivity (Wildman–Crippen MR) is 141 cm³/mol. The first kappa shape index (κ1) is 28.2. The number of anilines is 1. The van der Waals surface area contributed by atoms with Crippen LogP contribution in [0.15, 0.2) is 59.5 Å². The lowest BCUT2D eigenvalue weighted by Gasteiger charge is -2.20. The first-order chi connectivity index (χ1) is 19.4. The fraction of sp³-hybridized carbons (Fsp3) is 0.345. The van der Waals surface area contributed by atoms with Crippen molar-refractivity contribution >= 4 is 17.5 Å². The number of carbonyl (C=O) groups is 2. The molecule has 216 valence electrons. The minimum Gasteiger partial charge on any atom is -0.497 e. The molecule has 0 radical (unpaired) electrons. The molecular formula is C29H27F4N3O5. The highest BCUT2D eigenvalue weighted by Crippen LogP contribution is 2.36. The van der Waals surface area contributed by atoms with E-state index in [9.17, 15) is 27.6 Å². The Morgan fingerprint density at radius 2 is 1.73 bits per heavy atom. The summed E-state index contributed by atoms with van der Waals surface area (Å²) in [5.74, 6) is -2.78. The number of hydrogen-bond donors (Lipinski definition) is 1. The zero-order valence-electron chi connectivity index (χ0n) is 22.2. The van der Waals surface area contributed by atoms with Crippen LogP contribution in [-0.4, -0.2) is 42.4 Å². The number of benzene rings is 2. The van der Waals surface area contributed by atoms with Gasteiger partial charge in [-0.05, 0) is 73.2 Å². The quantitative estimate of drug-likeness (QED) is 0.400. The van der Waals surface area contributed by atoms with E-state index in [0.29, 0.717) is 18.0 Å². The Morgan fingerprint density at radius 3 is 2.34 bits per heavy atom. The summed E-state index contributed by atoms with van der Waals surface area (Å²) in [6.45, 7) is 2.14. The number of pyridine rings is 1. The summed E-state index contributed by atoms with van der Waals surface area (Å²) in [6, 6.07) is 8.81. The standard InChI is InChI=1S/C29H27F4N3O5/c1-16-11-12-35(14-17-3-4-17)28(39)25(16)36-15-22(21-10-9-20(40-2)13-23(21)30)24(27(36)38)34-26(37)18-5-7-19(8-6-18)41-29(31,32)33/h5-13,17,22,24H,3-4,14-15H2,1-2H3,(H,34,37)/t22-,24-/m0/s1. The van der Waals surface area contributed by atoms with Crippen molar-refractivity contribution in [2.75, 3.05) is 18.6 Å². The van der Waals surface area contributed by atoms with Crippen molar-refractivity contribution in [1.82, 2.24) is 9.88 Å². The van der Waals surface area contributed by atoms with Crippen LogP contribution in [0.5, 0.6) is 11.5 Å². The van der Waals surface area contributed by atoms with Crippen LogP contribution in [0, 0.1) is 18.7 Å². The molecule has 0 unspecified atom stereocenters. The highest BCUT2D eigenvalue weighted by atomic mass is 19.4. The number of aryl methyl sites for hydroxylation is 1. The molecule has 2 atom stereocenters. The maximum Gasteiger partial charge on any atom is 0.573 e. The molecular weight excluding hydrogens is 546 g/mol. The number of nitrogens with one attached hydrogen (secondary N) is 1. The zero-order chi connectivity index (χ0) is 29.5. The number of alkyl halides is 3. The van der Waals surface area contributed by atoms with Crippen molar-refractivity contribution in [3.05, 3.63) is 87.6 Å². The number of ether oxygens (including phenoxy) is 2. The number of hydrogen-bond acceptors (Lipinski definition) is 5. The predicted octanol–water partition coefficient (Wildman–Crippen LogP) is 4.54. The average molecular weight is 574 g/mol. The highest BCUT2D eigenvalue weighted by molar-refractivity contribution is 6.05. The van der Waals surface area contributed by atoms with Gasteiger partial charge < -0.3 is 24.3 Å². The van der Waals surface area contributed by atoms with Gasteiger partial charge in [-0.25, -0.2) is 4.39 Å². The molecule has 0 spiro atoms. The van der Waals surface area contributed by atoms with Crippen LogP contribution in [0.3, 0.4) is 0 Å². The second-order valence-electron chi connectivity index (χ2n) is 10.2. The van der Waals surface area contributed by atoms with Gasteiger partial charge in [-0.15, -0.1) is 13.2 Å². The third kappa shape index (κ3) is 6.06. The van der Waals surface area contributed by atoms with E-state index < -0.39 is 41.7 Å². The molecule has 1 saturated heterocycles. The van der Waals surface area contributed by atoms with Crippen LogP contribution in [0.2, 0.25) is 0 Å². The molecule has 41 heavy (non-hydrogen) atoms. The smallest absolute Gasteiger partial charge is 0.497 e. The summed E-state index contributed by atoms with van der Waals surface area (Å²) in [6.07, 6.45) is -1.17. The van der Waals surface area contributed by atoms with E-state index in [4.69, 9.17) is 4.74 Å². The largest absolute Gasteiger partial charge is 0.573 e. The Balaban J connectivity index is 1.48. The van der Waals surface area contributed by atoms with E-state index in [1.807, 2.05) is 0 Å². The maximum absolute atomic E-state index is 15.2. The topological polar surface area (TPSA) is 89.9 Å². The van der Waals surface area contributed by atoms with E-state index in [1.54, 1.807) is 23.8 Å². The van der Waals surface area contributed by atoms with Crippen LogP contribution in [0.4, 0.5) is 23.2 Å². The molecule has 2 amide bonds. The Labute approximate surface area is 232 Å². The maximum atomic E-state index is 15.2. The second-order valence-corrected chi connectivity index (χ2v) is 10.2. The van der Waals surface area contributed by atoms with Gasteiger partial charge in [0.2, 0.25) is 5.91 Å². The number of rotatable bonds is 8. The fourth-order valence-electron chi connectivity index (χ4n) is 5.05. The Kier molecular flexibility index (Phi) is 7.50. The minimum atomic E-state index is -4.90. The minimum absolute atomic E-state index is 0.0394. The summed E-state index contributed by atoms with van der Waals surface area (Å²) in [5.41, 5.74) is 0.445. The van der Waals surface area contributed by atoms with Crippen molar-refractivity contribution in [2.45, 2.75) is 44.6 Å². The Morgan fingerprint density at radius 1 is 1.05 bits per heavy atom. The van der Waals surface area contributed by atoms with Crippen LogP contribution >= 0.6 is 0 Å². The van der Waals surface area contributed by atoms with Gasteiger partial charge in [0.05, 0.1) is 7.11 Å². The molecule has 2 aromatic carbocycles. The van der Waals surface area contributed by atoms with E-state index in [1.165, 1.54) is 24.1 Å². The fourth-order valence-corrected chi connectivity index (χ4v) is 5.05. The van der Waals surface area contributed by atoms with Crippen LogP contribution in [-0.2, 0) is 11.3 Å². The summed E-state index contributed by atoms with van der Waals surface area (Å²) in [4.78, 5) is 41.7. The SMILES string of the molecule is COc1ccc([C@@H]2CN(c3c(C)ccn(CC4CC4)c3=O)C(=O)[C@H]2NC(=O)c2ccc(OC(F)(F)F)cc2)c(F)c1. The zero-order valence-corrected chi connectivity index (χ0v) is 22.2. The normalized spacial score (nSPS) is 18.9. The lowest BCUT2D eigenvalue weighted by atomic mass is 9.93. The molecule has 1 aliphatic carbocycles. The lowest BCUT2D eigenvalue weighted by Crippen LogP contribution is -2.44. The third-order valence-electron chi connectivity index (χ3n) is 7.32. The molecule has 1 N–H and O–H groups in total. The summed E-state index contributed by atoms with van der Waals surface area (Å²) < 4.78 is 63.3. The molecule has 2 fully saturated rings. The van der Waals surface area contributed by atoms with Crippen molar-refractivity contribution < 1.29 is 36.6 Å². The monoisotopic (exact) mass is 573 g/mol. The molecule has 8 nitrogen and oxygen atoms in total. The van der Waals surface area contributed by atoms with E-state index in [2.05, 4.69) is 10.1 Å². The number of nitrogens with zero attached hydrogens (tertiary/aromatic N) is 2. The summed E-state index contributed by atoms with van der Waals surface area (Å²) >= 11 is 0. The Hall–Kier alpha value is -4.35. The first-order valence-electron chi connectivity index (χ1n) is 13.0. The third-order valence-corrected chi connectivity index (χ3v) is 7.32. The van der Waals surface area contributed by atoms with Crippen LogP contribution < -0.4 is 25.2 Å². The van der Waals surface area contributed by atoms with Crippen molar-refractivity contribution in [3.63, 3.8) is 0 Å². The molecule has 12 heteroatoms. The van der Waals surface area contributed by atoms with E-state index in [-0.39, 0.29) is 34.7 Å². The number of carbonyl (C=O) groups excluding carboxylic acids is 2. The van der Waals surface area contributed by atoms with Gasteiger partial charge in [-0.1, -0.05) is 6.07 Å². The molecule has 3 aromatic rings. The number of aromatic nitrogens is 1. The Bertz CT molecular complexity index is 1530. The van der Waals surface area contributed by atoms with E-state index in [0.717, 1.165) is 43.2 Å². The summed E-state index contributed by atoms with van der Waals surface area (Å²) in [7, 11) is 1.38. The van der Waals surface area contributed by atoms with Gasteiger partial charge in [0.25, 0.3) is 11.5 Å². The molecule has 2 aliphatic rings. The van der Waals surface area contributed by atoms with Gasteiger partial charge in [0, 0.05) is 36.8 Å². The lowest BCUT2D eigenvalue weighted by molar-refractivity contribution is -0.274. The molecule has 5 rings (SSSR count). The van der Waals surface area contributed by atoms with Crippen LogP contribution in [0.25, 0.3) is 0 Å². The van der Waals surface area contributed by atoms with Crippen molar-refractivity contribution in [2.24, 2.45) is 5.92 Å². The van der Waals surface area contributed by atoms with Gasteiger partial charge in [-0.2, -0.15) is 0 Å². The highest BCUT2D eigenvalue weighted by Gasteiger charge is 2.45. The van der Waals surface area contributed by atoms with Crippen LogP contribution in [0.1, 0.15) is 40.2 Å².